The van der Waals surface area contributed by atoms with E-state index in [1.165, 1.54) is 18.4 Å². The Labute approximate surface area is 164 Å². The number of benzene rings is 2. The Kier molecular flexibility index (Phi) is 5.37. The Morgan fingerprint density at radius 1 is 1.11 bits per heavy atom. The van der Waals surface area contributed by atoms with Gasteiger partial charge in [-0.15, -0.1) is 0 Å². The molecule has 1 aliphatic rings. The number of carbonyl (C=O) groups is 1. The maximum absolute atomic E-state index is 12.2. The lowest BCUT2D eigenvalue weighted by Crippen LogP contribution is -2.36. The van der Waals surface area contributed by atoms with Crippen LogP contribution in [0.1, 0.15) is 44.2 Å². The molecule has 1 fully saturated rings. The molecule has 28 heavy (non-hydrogen) atoms. The van der Waals surface area contributed by atoms with E-state index in [1.54, 1.807) is 6.20 Å². The van der Waals surface area contributed by atoms with Gasteiger partial charge in [0.25, 0.3) is 0 Å². The zero-order chi connectivity index (χ0) is 19.3. The van der Waals surface area contributed by atoms with Gasteiger partial charge in [-0.25, -0.2) is 14.8 Å². The van der Waals surface area contributed by atoms with Crippen molar-refractivity contribution in [3.05, 3.63) is 60.3 Å². The maximum Gasteiger partial charge on any atom is 0.321 e. The lowest BCUT2D eigenvalue weighted by atomic mass is 10.1. The van der Waals surface area contributed by atoms with Crippen molar-refractivity contribution < 1.29 is 4.79 Å². The molecule has 1 aliphatic carbocycles. The minimum Gasteiger partial charge on any atom is -0.378 e. The van der Waals surface area contributed by atoms with Gasteiger partial charge in [-0.1, -0.05) is 43.2 Å². The number of carbonyl (C=O) groups excluding carboxylic acids is 1. The molecule has 1 saturated carbocycles. The van der Waals surface area contributed by atoms with E-state index in [1.807, 2.05) is 36.4 Å². The van der Waals surface area contributed by atoms with Crippen molar-refractivity contribution in [1.29, 1.82) is 0 Å². The third-order valence-electron chi connectivity index (χ3n) is 5.18. The van der Waals surface area contributed by atoms with Crippen LogP contribution in [-0.2, 0) is 0 Å². The Morgan fingerprint density at radius 2 is 1.89 bits per heavy atom. The smallest absolute Gasteiger partial charge is 0.321 e. The number of anilines is 2. The summed E-state index contributed by atoms with van der Waals surface area (Å²) < 4.78 is 0. The number of hydrogen-bond acceptors (Lipinski definition) is 4. The number of nitrogens with one attached hydrogen (secondary N) is 3. The predicted octanol–water partition coefficient (Wildman–Crippen LogP) is 4.87. The van der Waals surface area contributed by atoms with Crippen LogP contribution in [0.15, 0.2) is 54.7 Å². The Balaban J connectivity index is 1.46. The molecule has 0 aliphatic heterocycles. The number of aromatic nitrogens is 2. The molecule has 3 aromatic rings. The summed E-state index contributed by atoms with van der Waals surface area (Å²) in [4.78, 5) is 20.9. The van der Waals surface area contributed by atoms with Crippen molar-refractivity contribution in [3.8, 4) is 0 Å². The number of urea groups is 1. The number of nitrogens with zero attached hydrogens (tertiary/aromatic N) is 2. The maximum atomic E-state index is 12.2. The van der Waals surface area contributed by atoms with Crippen LogP contribution in [-0.4, -0.2) is 22.0 Å². The second kappa shape index (κ2) is 8.25. The largest absolute Gasteiger partial charge is 0.378 e. The fourth-order valence-electron chi connectivity index (χ4n) is 3.64. The Morgan fingerprint density at radius 3 is 2.68 bits per heavy atom. The highest BCUT2D eigenvalue weighted by molar-refractivity contribution is 5.89. The quantitative estimate of drug-likeness (QED) is 0.595. The van der Waals surface area contributed by atoms with E-state index in [-0.39, 0.29) is 18.1 Å². The summed E-state index contributed by atoms with van der Waals surface area (Å²) in [7, 11) is 0. The summed E-state index contributed by atoms with van der Waals surface area (Å²) in [6.45, 7) is 2.12. The molecular weight excluding hydrogens is 350 g/mol. The molecule has 3 N–H and O–H groups in total. The molecule has 0 spiro atoms. The monoisotopic (exact) mass is 375 g/mol. The zero-order valence-electron chi connectivity index (χ0n) is 16.0. The second-order valence-corrected chi connectivity index (χ2v) is 7.32. The van der Waals surface area contributed by atoms with Crippen LogP contribution < -0.4 is 16.0 Å². The van der Waals surface area contributed by atoms with E-state index < -0.39 is 0 Å². The van der Waals surface area contributed by atoms with Crippen molar-refractivity contribution in [2.24, 2.45) is 0 Å². The molecule has 0 radical (unpaired) electrons. The summed E-state index contributed by atoms with van der Waals surface area (Å²) in [5, 5.41) is 10.2. The van der Waals surface area contributed by atoms with Gasteiger partial charge >= 0.3 is 6.03 Å². The standard InChI is InChI=1S/C22H25N5O/c1-15(16-7-3-2-4-8-16)24-19-12-11-17-14-23-21(26-20(17)13-19)27-22(28)25-18-9-5-6-10-18/h2-4,7-8,11-15,18,24H,5-6,9-10H2,1H3,(H2,23,25,26,27,28). The van der Waals surface area contributed by atoms with Crippen LogP contribution in [0.5, 0.6) is 0 Å². The van der Waals surface area contributed by atoms with Gasteiger partial charge in [0.1, 0.15) is 0 Å². The van der Waals surface area contributed by atoms with Gasteiger partial charge in [0.2, 0.25) is 5.95 Å². The predicted molar refractivity (Wildman–Crippen MR) is 112 cm³/mol. The molecule has 0 saturated heterocycles. The summed E-state index contributed by atoms with van der Waals surface area (Å²) in [6, 6.07) is 16.5. The van der Waals surface area contributed by atoms with Crippen LogP contribution in [0.3, 0.4) is 0 Å². The second-order valence-electron chi connectivity index (χ2n) is 7.32. The Bertz CT molecular complexity index is 954. The normalized spacial score (nSPS) is 15.3. The summed E-state index contributed by atoms with van der Waals surface area (Å²) in [5.74, 6) is 0.316. The Hall–Kier alpha value is -3.15. The number of rotatable bonds is 5. The highest BCUT2D eigenvalue weighted by Crippen LogP contribution is 2.23. The number of hydrogen-bond donors (Lipinski definition) is 3. The van der Waals surface area contributed by atoms with E-state index in [0.29, 0.717) is 5.95 Å². The molecule has 6 nitrogen and oxygen atoms in total. The summed E-state index contributed by atoms with van der Waals surface area (Å²) >= 11 is 0. The first-order valence-electron chi connectivity index (χ1n) is 9.83. The van der Waals surface area contributed by atoms with Gasteiger partial charge in [0, 0.05) is 29.4 Å². The van der Waals surface area contributed by atoms with Gasteiger partial charge in [-0.05, 0) is 43.5 Å². The molecule has 1 atom stereocenters. The molecule has 2 aromatic carbocycles. The van der Waals surface area contributed by atoms with E-state index in [0.717, 1.165) is 29.4 Å². The molecule has 1 unspecified atom stereocenters. The lowest BCUT2D eigenvalue weighted by molar-refractivity contribution is 0.248. The first-order valence-corrected chi connectivity index (χ1v) is 9.83. The zero-order valence-corrected chi connectivity index (χ0v) is 16.0. The van der Waals surface area contributed by atoms with Crippen molar-refractivity contribution in [2.75, 3.05) is 10.6 Å². The highest BCUT2D eigenvalue weighted by Gasteiger charge is 2.17. The molecule has 144 valence electrons. The van der Waals surface area contributed by atoms with Gasteiger partial charge in [0.05, 0.1) is 5.52 Å². The molecular formula is C22H25N5O. The first kappa shape index (κ1) is 18.2. The van der Waals surface area contributed by atoms with Crippen molar-refractivity contribution in [2.45, 2.75) is 44.7 Å². The molecule has 0 bridgehead atoms. The van der Waals surface area contributed by atoms with Crippen LogP contribution in [0, 0.1) is 0 Å². The van der Waals surface area contributed by atoms with Gasteiger partial charge < -0.3 is 10.6 Å². The fraction of sp³-hybridized carbons (Fsp3) is 0.318. The topological polar surface area (TPSA) is 78.9 Å². The van der Waals surface area contributed by atoms with Crippen LogP contribution in [0.25, 0.3) is 10.9 Å². The van der Waals surface area contributed by atoms with Gasteiger partial charge in [-0.3, -0.25) is 5.32 Å². The first-order chi connectivity index (χ1) is 13.7. The van der Waals surface area contributed by atoms with E-state index in [4.69, 9.17) is 0 Å². The van der Waals surface area contributed by atoms with Crippen LogP contribution >= 0.6 is 0 Å². The van der Waals surface area contributed by atoms with Gasteiger partial charge in [-0.2, -0.15) is 0 Å². The van der Waals surface area contributed by atoms with Crippen LogP contribution in [0.4, 0.5) is 16.4 Å². The summed E-state index contributed by atoms with van der Waals surface area (Å²) in [6.07, 6.45) is 6.17. The van der Waals surface area contributed by atoms with Crippen molar-refractivity contribution >= 4 is 28.6 Å². The van der Waals surface area contributed by atoms with E-state index >= 15 is 0 Å². The number of amides is 2. The third kappa shape index (κ3) is 4.39. The third-order valence-corrected chi connectivity index (χ3v) is 5.18. The minimum atomic E-state index is -0.238. The van der Waals surface area contributed by atoms with Crippen LogP contribution in [0.2, 0.25) is 0 Å². The van der Waals surface area contributed by atoms with Gasteiger partial charge in [0.15, 0.2) is 0 Å². The molecule has 1 heterocycles. The average Bonchev–Trinajstić information content (AvgIpc) is 3.21. The van der Waals surface area contributed by atoms with E-state index in [9.17, 15) is 4.79 Å². The van der Waals surface area contributed by atoms with Crippen molar-refractivity contribution in [1.82, 2.24) is 15.3 Å². The molecule has 2 amide bonds. The molecule has 1 aromatic heterocycles. The molecule has 6 heteroatoms. The number of fused-ring (bicyclic) bond motifs is 1. The average molecular weight is 375 g/mol. The molecule has 4 rings (SSSR count). The minimum absolute atomic E-state index is 0.176. The lowest BCUT2D eigenvalue weighted by Gasteiger charge is -2.16. The van der Waals surface area contributed by atoms with Crippen molar-refractivity contribution in [3.63, 3.8) is 0 Å². The SMILES string of the molecule is CC(Nc1ccc2cnc(NC(=O)NC3CCCC3)nc2c1)c1ccccc1. The highest BCUT2D eigenvalue weighted by atomic mass is 16.2. The van der Waals surface area contributed by atoms with E-state index in [2.05, 4.69) is 45.0 Å². The fourth-order valence-corrected chi connectivity index (χ4v) is 3.64. The summed E-state index contributed by atoms with van der Waals surface area (Å²) in [5.41, 5.74) is 2.98.